The number of hydrogen-bond acceptors (Lipinski definition) is 3. The Hall–Kier alpha value is -1.10. The van der Waals surface area contributed by atoms with Crippen LogP contribution in [0.3, 0.4) is 0 Å². The molecule has 3 fully saturated rings. The second-order valence-electron chi connectivity index (χ2n) is 8.14. The summed E-state index contributed by atoms with van der Waals surface area (Å²) in [4.78, 5) is 26.9. The van der Waals surface area contributed by atoms with E-state index in [0.29, 0.717) is 36.8 Å². The first-order valence-electron chi connectivity index (χ1n) is 9.92. The first-order valence-corrected chi connectivity index (χ1v) is 9.92. The average Bonchev–Trinajstić information content (AvgIpc) is 2.54. The van der Waals surface area contributed by atoms with E-state index in [1.807, 2.05) is 11.8 Å². The Balaban J connectivity index is 1.55. The monoisotopic (exact) mass is 335 g/mol. The molecule has 5 heteroatoms. The van der Waals surface area contributed by atoms with Crippen LogP contribution in [-0.4, -0.2) is 41.9 Å². The summed E-state index contributed by atoms with van der Waals surface area (Å²) in [6.07, 6.45) is 9.02. The second-order valence-corrected chi connectivity index (χ2v) is 8.14. The van der Waals surface area contributed by atoms with Crippen LogP contribution in [0.15, 0.2) is 0 Å². The predicted octanol–water partition coefficient (Wildman–Crippen LogP) is 2.05. The van der Waals surface area contributed by atoms with Crippen LogP contribution >= 0.6 is 0 Å². The molecule has 0 aromatic heterocycles. The van der Waals surface area contributed by atoms with E-state index in [9.17, 15) is 9.59 Å². The predicted molar refractivity (Wildman–Crippen MR) is 94.2 cm³/mol. The Morgan fingerprint density at radius 2 is 1.83 bits per heavy atom. The van der Waals surface area contributed by atoms with Crippen molar-refractivity contribution < 1.29 is 9.59 Å². The van der Waals surface area contributed by atoms with Gasteiger partial charge >= 0.3 is 0 Å². The van der Waals surface area contributed by atoms with Gasteiger partial charge in [0.2, 0.25) is 11.8 Å². The molecule has 0 aromatic carbocycles. The quantitative estimate of drug-likeness (QED) is 0.825. The minimum Gasteiger partial charge on any atom is -0.352 e. The molecular weight excluding hydrogens is 302 g/mol. The smallest absolute Gasteiger partial charge is 0.225 e. The number of likely N-dealkylation sites (tertiary alicyclic amines) is 1. The topological polar surface area (TPSA) is 75.4 Å². The van der Waals surface area contributed by atoms with Gasteiger partial charge in [-0.3, -0.25) is 9.59 Å². The minimum atomic E-state index is 0.120. The normalized spacial score (nSPS) is 36.2. The molecule has 2 aliphatic carbocycles. The maximum absolute atomic E-state index is 13.0. The lowest BCUT2D eigenvalue weighted by Crippen LogP contribution is -2.53. The number of nitrogens with two attached hydrogens (primary N) is 1. The van der Waals surface area contributed by atoms with Crippen LogP contribution in [0.2, 0.25) is 0 Å². The Morgan fingerprint density at radius 3 is 2.50 bits per heavy atom. The number of fused-ring (bicyclic) bond motifs is 2. The fourth-order valence-electron chi connectivity index (χ4n) is 5.07. The first-order chi connectivity index (χ1) is 11.6. The number of hydrogen-bond donors (Lipinski definition) is 2. The summed E-state index contributed by atoms with van der Waals surface area (Å²) < 4.78 is 0. The van der Waals surface area contributed by atoms with Crippen molar-refractivity contribution in [1.82, 2.24) is 10.2 Å². The molecule has 2 amide bonds. The first kappa shape index (κ1) is 17.7. The summed E-state index contributed by atoms with van der Waals surface area (Å²) in [5.74, 6) is 1.67. The Kier molecular flexibility index (Phi) is 5.80. The molecular formula is C19H33N3O2. The lowest BCUT2D eigenvalue weighted by molar-refractivity contribution is -0.140. The molecule has 1 heterocycles. The Bertz CT molecular complexity index is 454. The van der Waals surface area contributed by atoms with Crippen LogP contribution in [0.5, 0.6) is 0 Å². The molecule has 3 rings (SSSR count). The summed E-state index contributed by atoms with van der Waals surface area (Å²) in [6, 6.07) is 0.442. The van der Waals surface area contributed by atoms with Gasteiger partial charge in [0.1, 0.15) is 0 Å². The lowest BCUT2D eigenvalue weighted by Gasteiger charge is -2.45. The zero-order valence-corrected chi connectivity index (χ0v) is 15.0. The van der Waals surface area contributed by atoms with Gasteiger partial charge in [0, 0.05) is 37.5 Å². The van der Waals surface area contributed by atoms with Gasteiger partial charge in [0.25, 0.3) is 0 Å². The van der Waals surface area contributed by atoms with E-state index in [-0.39, 0.29) is 17.9 Å². The van der Waals surface area contributed by atoms with Crippen LogP contribution in [0.25, 0.3) is 0 Å². The molecule has 0 aromatic rings. The molecule has 2 saturated carbocycles. The molecule has 3 N–H and O–H groups in total. The van der Waals surface area contributed by atoms with Gasteiger partial charge in [0.05, 0.1) is 0 Å². The van der Waals surface area contributed by atoms with E-state index in [0.717, 1.165) is 38.6 Å². The van der Waals surface area contributed by atoms with Crippen molar-refractivity contribution in [3.63, 3.8) is 0 Å². The van der Waals surface area contributed by atoms with Gasteiger partial charge < -0.3 is 16.0 Å². The summed E-state index contributed by atoms with van der Waals surface area (Å²) in [5.41, 5.74) is 6.36. The molecule has 2 bridgehead atoms. The molecule has 0 radical (unpaired) electrons. The minimum absolute atomic E-state index is 0.120. The standard InChI is InChI=1S/C19H33N3O2/c1-2-5-17(23)21-16-8-4-9-22(12-16)19(24)15-10-13-6-3-7-14(11-15)18(13)20/h13-16,18H,2-12,20H2,1H3,(H,21,23). The summed E-state index contributed by atoms with van der Waals surface area (Å²) >= 11 is 0. The van der Waals surface area contributed by atoms with Crippen molar-refractivity contribution in [1.29, 1.82) is 0 Å². The molecule has 1 aliphatic heterocycles. The van der Waals surface area contributed by atoms with Crippen molar-refractivity contribution in [3.05, 3.63) is 0 Å². The third-order valence-electron chi connectivity index (χ3n) is 6.34. The van der Waals surface area contributed by atoms with E-state index < -0.39 is 0 Å². The van der Waals surface area contributed by atoms with Crippen LogP contribution in [0.1, 0.15) is 64.7 Å². The number of piperidine rings is 1. The zero-order valence-electron chi connectivity index (χ0n) is 15.0. The zero-order chi connectivity index (χ0) is 17.1. The van der Waals surface area contributed by atoms with Gasteiger partial charge in [-0.25, -0.2) is 0 Å². The molecule has 3 aliphatic rings. The third kappa shape index (κ3) is 3.93. The summed E-state index contributed by atoms with van der Waals surface area (Å²) in [5, 5.41) is 3.10. The number of nitrogens with one attached hydrogen (secondary N) is 1. The van der Waals surface area contributed by atoms with Crippen LogP contribution in [-0.2, 0) is 9.59 Å². The molecule has 1 saturated heterocycles. The lowest BCUT2D eigenvalue weighted by atomic mass is 9.65. The fourth-order valence-corrected chi connectivity index (χ4v) is 5.07. The number of amides is 2. The molecule has 0 spiro atoms. The maximum atomic E-state index is 13.0. The van der Waals surface area contributed by atoms with Gasteiger partial charge in [0.15, 0.2) is 0 Å². The van der Waals surface area contributed by atoms with Gasteiger partial charge in [-0.1, -0.05) is 13.3 Å². The highest BCUT2D eigenvalue weighted by molar-refractivity contribution is 5.79. The van der Waals surface area contributed by atoms with E-state index in [2.05, 4.69) is 5.32 Å². The van der Waals surface area contributed by atoms with Crippen molar-refractivity contribution >= 4 is 11.8 Å². The Morgan fingerprint density at radius 1 is 1.12 bits per heavy atom. The van der Waals surface area contributed by atoms with Gasteiger partial charge in [-0.2, -0.15) is 0 Å². The third-order valence-corrected chi connectivity index (χ3v) is 6.34. The molecule has 24 heavy (non-hydrogen) atoms. The molecule has 3 atom stereocenters. The highest BCUT2D eigenvalue weighted by atomic mass is 16.2. The molecule has 136 valence electrons. The number of carbonyl (C=O) groups is 2. The van der Waals surface area contributed by atoms with E-state index in [1.165, 1.54) is 19.3 Å². The van der Waals surface area contributed by atoms with Crippen molar-refractivity contribution in [3.8, 4) is 0 Å². The largest absolute Gasteiger partial charge is 0.352 e. The second kappa shape index (κ2) is 7.85. The number of rotatable bonds is 4. The van der Waals surface area contributed by atoms with Crippen LogP contribution in [0, 0.1) is 17.8 Å². The molecule has 3 unspecified atom stereocenters. The van der Waals surface area contributed by atoms with Crippen molar-refractivity contribution in [2.24, 2.45) is 23.5 Å². The van der Waals surface area contributed by atoms with Crippen molar-refractivity contribution in [2.75, 3.05) is 13.1 Å². The van der Waals surface area contributed by atoms with E-state index in [4.69, 9.17) is 5.73 Å². The summed E-state index contributed by atoms with van der Waals surface area (Å²) in [7, 11) is 0. The SMILES string of the molecule is CCCC(=O)NC1CCCN(C(=O)C2CC3CCCC(C2)C3N)C1. The number of carbonyl (C=O) groups excluding carboxylic acids is 2. The Labute approximate surface area is 145 Å². The fraction of sp³-hybridized carbons (Fsp3) is 0.895. The van der Waals surface area contributed by atoms with Gasteiger partial charge in [-0.15, -0.1) is 0 Å². The highest BCUT2D eigenvalue weighted by Crippen LogP contribution is 2.42. The van der Waals surface area contributed by atoms with Crippen LogP contribution in [0.4, 0.5) is 0 Å². The van der Waals surface area contributed by atoms with Gasteiger partial charge in [-0.05, 0) is 56.8 Å². The van der Waals surface area contributed by atoms with E-state index in [1.54, 1.807) is 0 Å². The summed E-state index contributed by atoms with van der Waals surface area (Å²) in [6.45, 7) is 3.55. The molecule has 5 nitrogen and oxygen atoms in total. The van der Waals surface area contributed by atoms with Crippen molar-refractivity contribution in [2.45, 2.75) is 76.8 Å². The maximum Gasteiger partial charge on any atom is 0.225 e. The van der Waals surface area contributed by atoms with Crippen LogP contribution < -0.4 is 11.1 Å². The number of nitrogens with zero attached hydrogens (tertiary/aromatic N) is 1. The average molecular weight is 335 g/mol. The highest BCUT2D eigenvalue weighted by Gasteiger charge is 2.42. The van der Waals surface area contributed by atoms with E-state index >= 15 is 0 Å².